The summed E-state index contributed by atoms with van der Waals surface area (Å²) >= 11 is 0. The predicted octanol–water partition coefficient (Wildman–Crippen LogP) is 4.86. The summed E-state index contributed by atoms with van der Waals surface area (Å²) in [6, 6.07) is 11.7. The second kappa shape index (κ2) is 9.93. The van der Waals surface area contributed by atoms with Crippen molar-refractivity contribution in [2.75, 3.05) is 20.6 Å². The molecule has 1 aromatic rings. The third-order valence-corrected chi connectivity index (χ3v) is 6.99. The van der Waals surface area contributed by atoms with Gasteiger partial charge in [-0.1, -0.05) is 56.5 Å². The Bertz CT molecular complexity index is 563. The lowest BCUT2D eigenvalue weighted by Crippen LogP contribution is -2.68. The minimum Gasteiger partial charge on any atom is -0.388 e. The van der Waals surface area contributed by atoms with E-state index in [4.69, 9.17) is 0 Å². The predicted molar refractivity (Wildman–Crippen MR) is 119 cm³/mol. The number of hydrogen-bond donors (Lipinski definition) is 1. The summed E-state index contributed by atoms with van der Waals surface area (Å²) in [5.74, 6) is 0. The number of aliphatic hydroxyl groups is 1. The Labute approximate surface area is 178 Å². The van der Waals surface area contributed by atoms with Crippen LogP contribution in [0.4, 0.5) is 0 Å². The maximum absolute atomic E-state index is 11.3. The van der Waals surface area contributed by atoms with Crippen LogP contribution >= 0.6 is 24.8 Å². The molecule has 3 nitrogen and oxygen atoms in total. The molecule has 0 spiro atoms. The average molecular weight is 417 g/mol. The smallest absolute Gasteiger partial charge is 0.0826 e. The molecule has 0 bridgehead atoms. The Morgan fingerprint density at radius 2 is 1.63 bits per heavy atom. The molecule has 156 valence electrons. The highest BCUT2D eigenvalue weighted by Gasteiger charge is 2.52. The van der Waals surface area contributed by atoms with Gasteiger partial charge in [0.15, 0.2) is 0 Å². The number of hydrogen-bond acceptors (Lipinski definition) is 3. The summed E-state index contributed by atoms with van der Waals surface area (Å²) in [5, 5.41) is 11.3. The summed E-state index contributed by atoms with van der Waals surface area (Å²) < 4.78 is 0. The molecule has 27 heavy (non-hydrogen) atoms. The molecule has 3 rings (SSSR count). The van der Waals surface area contributed by atoms with Gasteiger partial charge in [-0.25, -0.2) is 0 Å². The fourth-order valence-corrected chi connectivity index (χ4v) is 5.81. The first-order chi connectivity index (χ1) is 11.9. The van der Waals surface area contributed by atoms with Gasteiger partial charge in [0.1, 0.15) is 0 Å². The second-order valence-electron chi connectivity index (χ2n) is 8.51. The van der Waals surface area contributed by atoms with Crippen LogP contribution in [-0.2, 0) is 5.54 Å². The molecule has 2 aliphatic rings. The van der Waals surface area contributed by atoms with E-state index in [0.29, 0.717) is 6.04 Å². The molecule has 2 fully saturated rings. The molecule has 3 unspecified atom stereocenters. The number of benzene rings is 1. The molecular formula is C22H38Cl2N2O. The van der Waals surface area contributed by atoms with Gasteiger partial charge >= 0.3 is 0 Å². The van der Waals surface area contributed by atoms with E-state index < -0.39 is 5.60 Å². The molecule has 1 saturated carbocycles. The molecule has 5 heteroatoms. The van der Waals surface area contributed by atoms with E-state index in [-0.39, 0.29) is 36.4 Å². The van der Waals surface area contributed by atoms with Crippen LogP contribution in [0.25, 0.3) is 0 Å². The molecule has 3 atom stereocenters. The first-order valence-corrected chi connectivity index (χ1v) is 10.2. The Balaban J connectivity index is 0.00000182. The first-order valence-electron chi connectivity index (χ1n) is 10.2. The highest BCUT2D eigenvalue weighted by Crippen LogP contribution is 2.47. The molecule has 1 saturated heterocycles. The quantitative estimate of drug-likeness (QED) is 0.758. The third kappa shape index (κ3) is 4.48. The molecule has 1 aliphatic carbocycles. The minimum atomic E-state index is -0.577. The van der Waals surface area contributed by atoms with Crippen molar-refractivity contribution in [3.8, 4) is 0 Å². The summed E-state index contributed by atoms with van der Waals surface area (Å²) in [7, 11) is 4.25. The van der Waals surface area contributed by atoms with E-state index in [2.05, 4.69) is 68.1 Å². The lowest BCUT2D eigenvalue weighted by atomic mass is 9.70. The number of nitrogens with zero attached hydrogens (tertiary/aromatic N) is 2. The fraction of sp³-hybridized carbons (Fsp3) is 0.727. The highest BCUT2D eigenvalue weighted by molar-refractivity contribution is 5.85. The fourth-order valence-electron chi connectivity index (χ4n) is 5.81. The maximum atomic E-state index is 11.3. The van der Waals surface area contributed by atoms with Gasteiger partial charge in [-0.2, -0.15) is 0 Å². The van der Waals surface area contributed by atoms with Crippen LogP contribution in [0.2, 0.25) is 0 Å². The summed E-state index contributed by atoms with van der Waals surface area (Å²) in [6.07, 6.45) is 8.15. The molecule has 0 aromatic heterocycles. The summed E-state index contributed by atoms with van der Waals surface area (Å²) in [5.41, 5.74) is 1.04. The van der Waals surface area contributed by atoms with Crippen molar-refractivity contribution in [3.63, 3.8) is 0 Å². The van der Waals surface area contributed by atoms with Crippen molar-refractivity contribution in [1.82, 2.24) is 9.80 Å². The number of rotatable bonds is 4. The Morgan fingerprint density at radius 3 is 2.15 bits per heavy atom. The van der Waals surface area contributed by atoms with E-state index in [1.807, 2.05) is 0 Å². The first kappa shape index (κ1) is 24.7. The topological polar surface area (TPSA) is 26.7 Å². The SMILES string of the molecule is CCC1(O)CCN(C2(c3ccccc3)CCCCC2)C(C)C1N(C)C.Cl.Cl. The number of likely N-dealkylation sites (N-methyl/N-ethyl adjacent to an activating group) is 1. The van der Waals surface area contributed by atoms with Gasteiger partial charge in [-0.3, -0.25) is 4.90 Å². The van der Waals surface area contributed by atoms with E-state index >= 15 is 0 Å². The lowest BCUT2D eigenvalue weighted by Gasteiger charge is -2.58. The van der Waals surface area contributed by atoms with E-state index in [1.54, 1.807) is 0 Å². The Hall–Kier alpha value is -0.320. The van der Waals surface area contributed by atoms with Gasteiger partial charge < -0.3 is 10.0 Å². The molecule has 0 radical (unpaired) electrons. The van der Waals surface area contributed by atoms with Crippen LogP contribution in [0.15, 0.2) is 30.3 Å². The molecular weight excluding hydrogens is 379 g/mol. The summed E-state index contributed by atoms with van der Waals surface area (Å²) in [4.78, 5) is 5.00. The zero-order chi connectivity index (χ0) is 18.1. The van der Waals surface area contributed by atoms with Crippen LogP contribution in [0.3, 0.4) is 0 Å². The van der Waals surface area contributed by atoms with E-state index in [1.165, 1.54) is 37.7 Å². The standard InChI is InChI=1S/C22H36N2O.2ClH/c1-5-22(25)16-17-24(18(2)20(22)23(3)4)21(14-10-7-11-15-21)19-12-8-6-9-13-19;;/h6,8-9,12-13,18,20,25H,5,7,10-11,14-17H2,1-4H3;2*1H. The van der Waals surface area contributed by atoms with Crippen molar-refractivity contribution >= 4 is 24.8 Å². The van der Waals surface area contributed by atoms with Gasteiger partial charge in [0.05, 0.1) is 11.6 Å². The maximum Gasteiger partial charge on any atom is 0.0826 e. The normalized spacial score (nSPS) is 31.0. The zero-order valence-corrected chi connectivity index (χ0v) is 19.0. The van der Waals surface area contributed by atoms with Crippen LogP contribution < -0.4 is 0 Å². The largest absolute Gasteiger partial charge is 0.388 e. The Kier molecular flexibility index (Phi) is 9.09. The van der Waals surface area contributed by atoms with Gasteiger partial charge in [-0.15, -0.1) is 24.8 Å². The molecule has 1 aromatic carbocycles. The lowest BCUT2D eigenvalue weighted by molar-refractivity contribution is -0.140. The van der Waals surface area contributed by atoms with Crippen molar-refractivity contribution in [1.29, 1.82) is 0 Å². The van der Waals surface area contributed by atoms with Crippen LogP contribution in [0.5, 0.6) is 0 Å². The van der Waals surface area contributed by atoms with Gasteiger partial charge in [0, 0.05) is 18.1 Å². The van der Waals surface area contributed by atoms with Gasteiger partial charge in [0.25, 0.3) is 0 Å². The molecule has 1 N–H and O–H groups in total. The van der Waals surface area contributed by atoms with Crippen molar-refractivity contribution < 1.29 is 5.11 Å². The van der Waals surface area contributed by atoms with Crippen LogP contribution in [-0.4, -0.2) is 53.2 Å². The van der Waals surface area contributed by atoms with E-state index in [9.17, 15) is 5.11 Å². The molecule has 1 aliphatic heterocycles. The minimum absolute atomic E-state index is 0. The average Bonchev–Trinajstić information content (AvgIpc) is 2.63. The summed E-state index contributed by atoms with van der Waals surface area (Å²) in [6.45, 7) is 5.46. The number of piperidine rings is 1. The van der Waals surface area contributed by atoms with Gasteiger partial charge in [-0.05, 0) is 52.3 Å². The van der Waals surface area contributed by atoms with Crippen LogP contribution in [0, 0.1) is 0 Å². The van der Waals surface area contributed by atoms with Gasteiger partial charge in [0.2, 0.25) is 0 Å². The number of halogens is 2. The zero-order valence-electron chi connectivity index (χ0n) is 17.4. The third-order valence-electron chi connectivity index (χ3n) is 6.99. The van der Waals surface area contributed by atoms with Crippen LogP contribution in [0.1, 0.15) is 64.4 Å². The molecule has 0 amide bonds. The highest BCUT2D eigenvalue weighted by atomic mass is 35.5. The molecule has 1 heterocycles. The second-order valence-corrected chi connectivity index (χ2v) is 8.51. The monoisotopic (exact) mass is 416 g/mol. The van der Waals surface area contributed by atoms with Crippen molar-refractivity contribution in [2.45, 2.75) is 82.0 Å². The van der Waals surface area contributed by atoms with Crippen molar-refractivity contribution in [2.24, 2.45) is 0 Å². The Morgan fingerprint density at radius 1 is 1.04 bits per heavy atom. The van der Waals surface area contributed by atoms with E-state index in [0.717, 1.165) is 19.4 Å². The van der Waals surface area contributed by atoms with Crippen molar-refractivity contribution in [3.05, 3.63) is 35.9 Å². The number of likely N-dealkylation sites (tertiary alicyclic amines) is 1.